The predicted molar refractivity (Wildman–Crippen MR) is 89.8 cm³/mol. The van der Waals surface area contributed by atoms with Crippen LogP contribution < -0.4 is 4.74 Å². The molecule has 1 N–H and O–H groups in total. The van der Waals surface area contributed by atoms with Gasteiger partial charge in [0.1, 0.15) is 6.61 Å². The molecule has 0 spiro atoms. The van der Waals surface area contributed by atoms with E-state index in [0.717, 1.165) is 30.8 Å². The molecule has 0 saturated carbocycles. The zero-order valence-corrected chi connectivity index (χ0v) is 14.2. The number of carbonyl (C=O) groups excluding carboxylic acids is 1. The van der Waals surface area contributed by atoms with Crippen molar-refractivity contribution >= 4 is 5.91 Å². The SMILES string of the molecule is COCC(=O)N1CCCC1c1cc(CCOc2ccccc2F)[nH]n1. The molecule has 1 aromatic heterocycles. The van der Waals surface area contributed by atoms with Gasteiger partial charge in [0, 0.05) is 25.8 Å². The topological polar surface area (TPSA) is 67.4 Å². The Morgan fingerprint density at radius 2 is 2.28 bits per heavy atom. The number of methoxy groups -OCH3 is 1. The number of aromatic nitrogens is 2. The molecule has 2 heterocycles. The average molecular weight is 347 g/mol. The Hall–Kier alpha value is -2.41. The van der Waals surface area contributed by atoms with E-state index < -0.39 is 0 Å². The number of ether oxygens (including phenoxy) is 2. The number of hydrogen-bond acceptors (Lipinski definition) is 4. The number of carbonyl (C=O) groups is 1. The van der Waals surface area contributed by atoms with Gasteiger partial charge in [-0.15, -0.1) is 0 Å². The van der Waals surface area contributed by atoms with Gasteiger partial charge in [0.2, 0.25) is 5.91 Å². The maximum atomic E-state index is 13.5. The third-order valence-electron chi connectivity index (χ3n) is 4.30. The number of aromatic amines is 1. The fraction of sp³-hybridized carbons (Fsp3) is 0.444. The molecule has 0 bridgehead atoms. The number of nitrogens with zero attached hydrogens (tertiary/aromatic N) is 2. The number of amides is 1. The molecule has 1 aliphatic heterocycles. The second-order valence-corrected chi connectivity index (χ2v) is 6.03. The van der Waals surface area contributed by atoms with Crippen molar-refractivity contribution in [1.82, 2.24) is 15.1 Å². The van der Waals surface area contributed by atoms with Crippen LogP contribution in [-0.4, -0.2) is 47.9 Å². The van der Waals surface area contributed by atoms with Gasteiger partial charge < -0.3 is 14.4 Å². The maximum Gasteiger partial charge on any atom is 0.249 e. The van der Waals surface area contributed by atoms with E-state index in [2.05, 4.69) is 10.2 Å². The Balaban J connectivity index is 1.57. The van der Waals surface area contributed by atoms with Gasteiger partial charge in [0.25, 0.3) is 0 Å². The molecule has 1 fully saturated rings. The minimum atomic E-state index is -0.369. The molecular weight excluding hydrogens is 325 g/mol. The van der Waals surface area contributed by atoms with E-state index in [4.69, 9.17) is 9.47 Å². The van der Waals surface area contributed by atoms with E-state index in [1.807, 2.05) is 11.0 Å². The Labute approximate surface area is 145 Å². The first-order chi connectivity index (χ1) is 12.2. The summed E-state index contributed by atoms with van der Waals surface area (Å²) in [5, 5.41) is 7.33. The first-order valence-electron chi connectivity index (χ1n) is 8.39. The normalized spacial score (nSPS) is 17.0. The molecule has 7 heteroatoms. The van der Waals surface area contributed by atoms with Gasteiger partial charge in [-0.1, -0.05) is 12.1 Å². The zero-order valence-electron chi connectivity index (χ0n) is 14.2. The van der Waals surface area contributed by atoms with Crippen molar-refractivity contribution in [2.24, 2.45) is 0 Å². The predicted octanol–water partition coefficient (Wildman–Crippen LogP) is 2.48. The molecule has 25 heavy (non-hydrogen) atoms. The number of H-pyrrole nitrogens is 1. The van der Waals surface area contributed by atoms with Crippen molar-refractivity contribution < 1.29 is 18.7 Å². The average Bonchev–Trinajstić information content (AvgIpc) is 3.25. The van der Waals surface area contributed by atoms with Crippen LogP contribution in [0.2, 0.25) is 0 Å². The van der Waals surface area contributed by atoms with Gasteiger partial charge in [-0.2, -0.15) is 5.10 Å². The molecule has 1 saturated heterocycles. The van der Waals surface area contributed by atoms with Crippen LogP contribution in [0, 0.1) is 5.82 Å². The Morgan fingerprint density at radius 1 is 1.44 bits per heavy atom. The maximum absolute atomic E-state index is 13.5. The summed E-state index contributed by atoms with van der Waals surface area (Å²) in [6.45, 7) is 1.16. The van der Waals surface area contributed by atoms with Gasteiger partial charge in [-0.25, -0.2) is 4.39 Å². The van der Waals surface area contributed by atoms with E-state index in [0.29, 0.717) is 13.0 Å². The van der Waals surface area contributed by atoms with E-state index in [1.165, 1.54) is 13.2 Å². The van der Waals surface area contributed by atoms with Crippen LogP contribution in [0.4, 0.5) is 4.39 Å². The Bertz CT molecular complexity index is 719. The van der Waals surface area contributed by atoms with Crippen molar-refractivity contribution in [3.05, 3.63) is 47.5 Å². The summed E-state index contributed by atoms with van der Waals surface area (Å²) in [4.78, 5) is 13.9. The largest absolute Gasteiger partial charge is 0.490 e. The van der Waals surface area contributed by atoms with Crippen LogP contribution in [0.5, 0.6) is 5.75 Å². The van der Waals surface area contributed by atoms with Crippen molar-refractivity contribution in [3.63, 3.8) is 0 Å². The summed E-state index contributed by atoms with van der Waals surface area (Å²) in [5.74, 6) is -0.141. The van der Waals surface area contributed by atoms with Gasteiger partial charge >= 0.3 is 0 Å². The first kappa shape index (κ1) is 17.4. The highest BCUT2D eigenvalue weighted by Gasteiger charge is 2.31. The third kappa shape index (κ3) is 4.17. The highest BCUT2D eigenvalue weighted by Crippen LogP contribution is 2.31. The molecule has 0 radical (unpaired) electrons. The number of rotatable bonds is 7. The highest BCUT2D eigenvalue weighted by atomic mass is 19.1. The van der Waals surface area contributed by atoms with E-state index in [9.17, 15) is 9.18 Å². The molecular formula is C18H22FN3O3. The van der Waals surface area contributed by atoms with Crippen molar-refractivity contribution in [1.29, 1.82) is 0 Å². The molecule has 1 aliphatic rings. The number of nitrogens with one attached hydrogen (secondary N) is 1. The van der Waals surface area contributed by atoms with E-state index in [1.54, 1.807) is 18.2 Å². The lowest BCUT2D eigenvalue weighted by atomic mass is 10.1. The highest BCUT2D eigenvalue weighted by molar-refractivity contribution is 5.78. The minimum Gasteiger partial charge on any atom is -0.490 e. The molecule has 2 aromatic rings. The molecule has 1 unspecified atom stereocenters. The van der Waals surface area contributed by atoms with E-state index >= 15 is 0 Å². The second-order valence-electron chi connectivity index (χ2n) is 6.03. The summed E-state index contributed by atoms with van der Waals surface area (Å²) < 4.78 is 23.9. The van der Waals surface area contributed by atoms with Crippen LogP contribution in [0.3, 0.4) is 0 Å². The third-order valence-corrected chi connectivity index (χ3v) is 4.30. The van der Waals surface area contributed by atoms with Gasteiger partial charge in [-0.05, 0) is 31.0 Å². The Kier molecular flexibility index (Phi) is 5.65. The van der Waals surface area contributed by atoms with Gasteiger partial charge in [-0.3, -0.25) is 9.89 Å². The first-order valence-corrected chi connectivity index (χ1v) is 8.39. The van der Waals surface area contributed by atoms with Crippen LogP contribution >= 0.6 is 0 Å². The number of likely N-dealkylation sites (tertiary alicyclic amines) is 1. The number of hydrogen-bond donors (Lipinski definition) is 1. The van der Waals surface area contributed by atoms with Gasteiger partial charge in [0.05, 0.1) is 18.3 Å². The fourth-order valence-electron chi connectivity index (χ4n) is 3.09. The molecule has 134 valence electrons. The lowest BCUT2D eigenvalue weighted by Gasteiger charge is -2.22. The van der Waals surface area contributed by atoms with Crippen molar-refractivity contribution in [2.75, 3.05) is 26.9 Å². The summed E-state index contributed by atoms with van der Waals surface area (Å²) in [6, 6.07) is 8.27. The number of benzene rings is 1. The lowest BCUT2D eigenvalue weighted by molar-refractivity contribution is -0.136. The van der Waals surface area contributed by atoms with Crippen LogP contribution in [-0.2, 0) is 16.0 Å². The summed E-state index contributed by atoms with van der Waals surface area (Å²) in [5.41, 5.74) is 1.75. The number of para-hydroxylation sites is 1. The summed E-state index contributed by atoms with van der Waals surface area (Å²) in [7, 11) is 1.52. The smallest absolute Gasteiger partial charge is 0.249 e. The zero-order chi connectivity index (χ0) is 17.6. The molecule has 3 rings (SSSR count). The summed E-state index contributed by atoms with van der Waals surface area (Å²) in [6.07, 6.45) is 2.43. The molecule has 1 atom stereocenters. The second kappa shape index (κ2) is 8.11. The standard InChI is InChI=1S/C18H22FN3O3/c1-24-12-18(23)22-9-4-6-16(22)15-11-13(20-21-15)8-10-25-17-7-3-2-5-14(17)19/h2-3,5,7,11,16H,4,6,8-10,12H2,1H3,(H,20,21). The number of halogens is 1. The lowest BCUT2D eigenvalue weighted by Crippen LogP contribution is -2.33. The van der Waals surface area contributed by atoms with Gasteiger partial charge in [0.15, 0.2) is 11.6 Å². The quantitative estimate of drug-likeness (QED) is 0.836. The summed E-state index contributed by atoms with van der Waals surface area (Å²) >= 11 is 0. The Morgan fingerprint density at radius 3 is 3.08 bits per heavy atom. The van der Waals surface area contributed by atoms with Crippen LogP contribution in [0.25, 0.3) is 0 Å². The van der Waals surface area contributed by atoms with Crippen molar-refractivity contribution in [2.45, 2.75) is 25.3 Å². The van der Waals surface area contributed by atoms with Crippen molar-refractivity contribution in [3.8, 4) is 5.75 Å². The van der Waals surface area contributed by atoms with Crippen LogP contribution in [0.15, 0.2) is 30.3 Å². The molecule has 0 aliphatic carbocycles. The molecule has 1 amide bonds. The fourth-order valence-corrected chi connectivity index (χ4v) is 3.09. The van der Waals surface area contributed by atoms with Crippen LogP contribution in [0.1, 0.15) is 30.3 Å². The minimum absolute atomic E-state index is 0.0138. The molecule has 6 nitrogen and oxygen atoms in total. The monoisotopic (exact) mass is 347 g/mol. The van der Waals surface area contributed by atoms with E-state index in [-0.39, 0.29) is 30.1 Å². The molecule has 1 aromatic carbocycles.